The molecular weight excluding hydrogens is 196 g/mol. The van der Waals surface area contributed by atoms with Gasteiger partial charge >= 0.3 is 0 Å². The fourth-order valence-corrected chi connectivity index (χ4v) is 1.95. The van der Waals surface area contributed by atoms with E-state index in [9.17, 15) is 0 Å². The molecule has 0 aliphatic heterocycles. The van der Waals surface area contributed by atoms with Crippen molar-refractivity contribution in [2.24, 2.45) is 0 Å². The van der Waals surface area contributed by atoms with Gasteiger partial charge in [0.2, 0.25) is 0 Å². The lowest BCUT2D eigenvalue weighted by molar-refractivity contribution is 0.313. The molecule has 86 valence electrons. The van der Waals surface area contributed by atoms with Crippen molar-refractivity contribution in [1.82, 2.24) is 9.30 Å². The van der Waals surface area contributed by atoms with Crippen molar-refractivity contribution in [1.29, 1.82) is 0 Å². The Morgan fingerprint density at radius 3 is 2.69 bits per heavy atom. The van der Waals surface area contributed by atoms with Gasteiger partial charge < -0.3 is 9.30 Å². The summed E-state index contributed by atoms with van der Waals surface area (Å²) in [5.74, 6) is 0. The molecule has 0 fully saturated rings. The van der Waals surface area contributed by atoms with Crippen LogP contribution in [0.25, 0.3) is 5.52 Å². The van der Waals surface area contributed by atoms with Crippen LogP contribution >= 0.6 is 0 Å². The largest absolute Gasteiger partial charge is 0.323 e. The second kappa shape index (κ2) is 4.30. The number of rotatable bonds is 3. The number of pyridine rings is 1. The van der Waals surface area contributed by atoms with Gasteiger partial charge in [0, 0.05) is 24.0 Å². The maximum absolute atomic E-state index is 2.26. The summed E-state index contributed by atoms with van der Waals surface area (Å²) >= 11 is 0. The zero-order valence-corrected chi connectivity index (χ0v) is 10.6. The van der Waals surface area contributed by atoms with E-state index < -0.39 is 0 Å². The van der Waals surface area contributed by atoms with Crippen molar-refractivity contribution >= 4 is 5.52 Å². The molecule has 0 aliphatic rings. The number of hydrogen-bond donors (Lipinski definition) is 0. The van der Waals surface area contributed by atoms with Gasteiger partial charge in [-0.05, 0) is 57.6 Å². The Bertz CT molecular complexity index is 482. The third kappa shape index (κ3) is 2.12. The standard InChI is InChI=1S/C14H20N2/c1-11-5-6-14-13(7-8-16(14)10-11)9-12(2)15(3)4/h5-8,10,12H,9H2,1-4H3. The van der Waals surface area contributed by atoms with Crippen LogP contribution in [0.1, 0.15) is 18.1 Å². The molecule has 2 aromatic heterocycles. The number of nitrogens with zero attached hydrogens (tertiary/aromatic N) is 2. The molecule has 0 bridgehead atoms. The van der Waals surface area contributed by atoms with Crippen molar-refractivity contribution in [3.05, 3.63) is 41.7 Å². The van der Waals surface area contributed by atoms with Crippen LogP contribution in [0, 0.1) is 6.92 Å². The van der Waals surface area contributed by atoms with Gasteiger partial charge in [-0.2, -0.15) is 0 Å². The lowest BCUT2D eigenvalue weighted by Crippen LogP contribution is -2.26. The summed E-state index contributed by atoms with van der Waals surface area (Å²) in [4.78, 5) is 2.26. The van der Waals surface area contributed by atoms with Crippen LogP contribution < -0.4 is 0 Å². The van der Waals surface area contributed by atoms with E-state index in [4.69, 9.17) is 0 Å². The van der Waals surface area contributed by atoms with Gasteiger partial charge in [0.15, 0.2) is 0 Å². The third-order valence-corrected chi connectivity index (χ3v) is 3.29. The molecule has 0 saturated carbocycles. The molecule has 2 rings (SSSR count). The molecule has 0 N–H and O–H groups in total. The van der Waals surface area contributed by atoms with E-state index in [2.05, 4.69) is 67.8 Å². The summed E-state index contributed by atoms with van der Waals surface area (Å²) in [6.45, 7) is 4.39. The van der Waals surface area contributed by atoms with Crippen molar-refractivity contribution in [2.45, 2.75) is 26.3 Å². The molecule has 2 heterocycles. The maximum Gasteiger partial charge on any atom is 0.0482 e. The van der Waals surface area contributed by atoms with E-state index in [-0.39, 0.29) is 0 Å². The zero-order chi connectivity index (χ0) is 11.7. The number of aryl methyl sites for hydroxylation is 1. The Balaban J connectivity index is 2.32. The van der Waals surface area contributed by atoms with Gasteiger partial charge in [0.05, 0.1) is 0 Å². The highest BCUT2D eigenvalue weighted by Gasteiger charge is 2.09. The first-order valence-corrected chi connectivity index (χ1v) is 5.80. The molecule has 0 spiro atoms. The number of likely N-dealkylation sites (N-methyl/N-ethyl adjacent to an activating group) is 1. The average molecular weight is 216 g/mol. The van der Waals surface area contributed by atoms with Gasteiger partial charge in [0.25, 0.3) is 0 Å². The van der Waals surface area contributed by atoms with E-state index in [1.54, 1.807) is 0 Å². The Labute approximate surface area is 97.5 Å². The summed E-state index contributed by atoms with van der Waals surface area (Å²) < 4.78 is 2.22. The summed E-state index contributed by atoms with van der Waals surface area (Å²) in [6.07, 6.45) is 5.44. The normalized spacial score (nSPS) is 13.6. The summed E-state index contributed by atoms with van der Waals surface area (Å²) in [6, 6.07) is 7.20. The third-order valence-electron chi connectivity index (χ3n) is 3.29. The topological polar surface area (TPSA) is 7.65 Å². The first-order chi connectivity index (χ1) is 7.58. The van der Waals surface area contributed by atoms with Crippen LogP contribution in [0.5, 0.6) is 0 Å². The monoisotopic (exact) mass is 216 g/mol. The van der Waals surface area contributed by atoms with Gasteiger partial charge in [-0.15, -0.1) is 0 Å². The second-order valence-electron chi connectivity index (χ2n) is 4.86. The van der Waals surface area contributed by atoms with E-state index in [1.807, 2.05) is 0 Å². The fraction of sp³-hybridized carbons (Fsp3) is 0.429. The molecule has 0 saturated heterocycles. The average Bonchev–Trinajstić information content (AvgIpc) is 2.60. The minimum Gasteiger partial charge on any atom is -0.323 e. The quantitative estimate of drug-likeness (QED) is 0.765. The number of hydrogen-bond acceptors (Lipinski definition) is 1. The second-order valence-corrected chi connectivity index (χ2v) is 4.86. The highest BCUT2D eigenvalue weighted by Crippen LogP contribution is 2.16. The number of aromatic nitrogens is 1. The van der Waals surface area contributed by atoms with Crippen LogP contribution in [-0.4, -0.2) is 29.4 Å². The van der Waals surface area contributed by atoms with E-state index >= 15 is 0 Å². The molecule has 0 aromatic carbocycles. The Morgan fingerprint density at radius 2 is 2.00 bits per heavy atom. The molecule has 0 radical (unpaired) electrons. The Hall–Kier alpha value is -1.28. The van der Waals surface area contributed by atoms with Crippen molar-refractivity contribution in [2.75, 3.05) is 14.1 Å². The lowest BCUT2D eigenvalue weighted by Gasteiger charge is -2.19. The molecule has 2 aromatic rings. The summed E-state index contributed by atoms with van der Waals surface area (Å²) in [7, 11) is 4.26. The van der Waals surface area contributed by atoms with Crippen molar-refractivity contribution in [3.63, 3.8) is 0 Å². The predicted molar refractivity (Wildman–Crippen MR) is 69.0 cm³/mol. The minimum atomic E-state index is 0.576. The SMILES string of the molecule is Cc1ccc2c(CC(C)N(C)C)ccn2c1. The minimum absolute atomic E-state index is 0.576. The van der Waals surface area contributed by atoms with E-state index in [1.165, 1.54) is 16.6 Å². The number of fused-ring (bicyclic) bond motifs is 1. The van der Waals surface area contributed by atoms with Crippen LogP contribution in [-0.2, 0) is 6.42 Å². The lowest BCUT2D eigenvalue weighted by atomic mass is 10.1. The van der Waals surface area contributed by atoms with Gasteiger partial charge in [-0.3, -0.25) is 0 Å². The van der Waals surface area contributed by atoms with Crippen LogP contribution in [0.4, 0.5) is 0 Å². The van der Waals surface area contributed by atoms with Gasteiger partial charge in [-0.25, -0.2) is 0 Å². The Morgan fingerprint density at radius 1 is 1.25 bits per heavy atom. The van der Waals surface area contributed by atoms with Crippen LogP contribution in [0.15, 0.2) is 30.6 Å². The molecule has 0 aliphatic carbocycles. The van der Waals surface area contributed by atoms with Crippen molar-refractivity contribution < 1.29 is 0 Å². The smallest absolute Gasteiger partial charge is 0.0482 e. The van der Waals surface area contributed by atoms with Gasteiger partial charge in [-0.1, -0.05) is 6.07 Å². The molecule has 1 unspecified atom stereocenters. The van der Waals surface area contributed by atoms with Crippen molar-refractivity contribution in [3.8, 4) is 0 Å². The Kier molecular flexibility index (Phi) is 3.01. The fourth-order valence-electron chi connectivity index (χ4n) is 1.95. The molecule has 2 nitrogen and oxygen atoms in total. The van der Waals surface area contributed by atoms with E-state index in [0.717, 1.165) is 6.42 Å². The first kappa shape index (κ1) is 11.2. The molecule has 16 heavy (non-hydrogen) atoms. The predicted octanol–water partition coefficient (Wildman–Crippen LogP) is 2.74. The molecular formula is C14H20N2. The molecule has 1 atom stereocenters. The van der Waals surface area contributed by atoms with Crippen LogP contribution in [0.2, 0.25) is 0 Å². The molecule has 2 heteroatoms. The maximum atomic E-state index is 2.26. The van der Waals surface area contributed by atoms with E-state index in [0.29, 0.717) is 6.04 Å². The first-order valence-electron chi connectivity index (χ1n) is 5.80. The summed E-state index contributed by atoms with van der Waals surface area (Å²) in [5.41, 5.74) is 4.07. The highest BCUT2D eigenvalue weighted by molar-refractivity contribution is 5.56. The van der Waals surface area contributed by atoms with Crippen LogP contribution in [0.3, 0.4) is 0 Å². The molecule has 0 amide bonds. The zero-order valence-electron chi connectivity index (χ0n) is 10.6. The highest BCUT2D eigenvalue weighted by atomic mass is 15.1. The van der Waals surface area contributed by atoms with Gasteiger partial charge in [0.1, 0.15) is 0 Å². The summed E-state index contributed by atoms with van der Waals surface area (Å²) in [5, 5.41) is 0.